The highest BCUT2D eigenvalue weighted by atomic mass is 79.9. The van der Waals surface area contributed by atoms with Gasteiger partial charge < -0.3 is 5.11 Å². The third-order valence-corrected chi connectivity index (χ3v) is 3.13. The number of benzene rings is 2. The van der Waals surface area contributed by atoms with E-state index in [1.54, 1.807) is 0 Å². The normalized spacial score (nSPS) is 12.4. The van der Waals surface area contributed by atoms with Gasteiger partial charge in [0.05, 0.1) is 6.10 Å². The minimum atomic E-state index is -0.986. The van der Waals surface area contributed by atoms with Gasteiger partial charge in [-0.05, 0) is 23.8 Å². The van der Waals surface area contributed by atoms with Crippen LogP contribution in [0.5, 0.6) is 0 Å². The average molecular weight is 313 g/mol. The van der Waals surface area contributed by atoms with Gasteiger partial charge in [-0.2, -0.15) is 0 Å². The second-order valence-electron chi connectivity index (χ2n) is 4.02. The summed E-state index contributed by atoms with van der Waals surface area (Å²) in [5.74, 6) is -1.37. The van der Waals surface area contributed by atoms with E-state index in [0.717, 1.165) is 22.2 Å². The van der Waals surface area contributed by atoms with Gasteiger partial charge in [0.1, 0.15) is 11.6 Å². The Labute approximate surface area is 112 Å². The van der Waals surface area contributed by atoms with Crippen molar-refractivity contribution < 1.29 is 13.9 Å². The first kappa shape index (κ1) is 13.2. The summed E-state index contributed by atoms with van der Waals surface area (Å²) in [6.07, 6.45) is -0.706. The zero-order valence-corrected chi connectivity index (χ0v) is 11.0. The molecule has 0 aliphatic heterocycles. The van der Waals surface area contributed by atoms with Gasteiger partial charge in [-0.3, -0.25) is 0 Å². The maximum Gasteiger partial charge on any atom is 0.131 e. The standard InChI is InChI=1S/C14H11BrF2O/c15-10-3-1-2-9(6-10)7-14(18)12-5-4-11(16)8-13(12)17/h1-6,8,14,18H,7H2. The van der Waals surface area contributed by atoms with Crippen LogP contribution in [0.25, 0.3) is 0 Å². The first-order valence-electron chi connectivity index (χ1n) is 5.44. The minimum absolute atomic E-state index is 0.108. The van der Waals surface area contributed by atoms with E-state index in [2.05, 4.69) is 15.9 Å². The second kappa shape index (κ2) is 5.59. The molecule has 0 aliphatic rings. The van der Waals surface area contributed by atoms with E-state index in [4.69, 9.17) is 0 Å². The Hall–Kier alpha value is -1.26. The summed E-state index contributed by atoms with van der Waals surface area (Å²) in [6.45, 7) is 0. The van der Waals surface area contributed by atoms with E-state index in [1.165, 1.54) is 6.07 Å². The third-order valence-electron chi connectivity index (χ3n) is 2.64. The smallest absolute Gasteiger partial charge is 0.131 e. The van der Waals surface area contributed by atoms with Crippen molar-refractivity contribution in [3.63, 3.8) is 0 Å². The number of halogens is 3. The first-order chi connectivity index (χ1) is 8.56. The lowest BCUT2D eigenvalue weighted by molar-refractivity contribution is 0.173. The van der Waals surface area contributed by atoms with Gasteiger partial charge in [0, 0.05) is 22.5 Å². The number of hydrogen-bond acceptors (Lipinski definition) is 1. The van der Waals surface area contributed by atoms with Crippen LogP contribution in [0.3, 0.4) is 0 Å². The summed E-state index contributed by atoms with van der Waals surface area (Å²) < 4.78 is 27.1. The van der Waals surface area contributed by atoms with E-state index in [0.29, 0.717) is 0 Å². The molecule has 0 radical (unpaired) electrons. The van der Waals surface area contributed by atoms with Crippen molar-refractivity contribution in [3.05, 3.63) is 69.7 Å². The lowest BCUT2D eigenvalue weighted by Crippen LogP contribution is -2.04. The minimum Gasteiger partial charge on any atom is -0.388 e. The van der Waals surface area contributed by atoms with Gasteiger partial charge >= 0.3 is 0 Å². The van der Waals surface area contributed by atoms with E-state index in [-0.39, 0.29) is 12.0 Å². The number of aliphatic hydroxyl groups is 1. The third kappa shape index (κ3) is 3.15. The SMILES string of the molecule is OC(Cc1cccc(Br)c1)c1ccc(F)cc1F. The topological polar surface area (TPSA) is 20.2 Å². The molecule has 1 nitrogen and oxygen atoms in total. The number of hydrogen-bond donors (Lipinski definition) is 1. The molecule has 0 bridgehead atoms. The maximum absolute atomic E-state index is 13.5. The quantitative estimate of drug-likeness (QED) is 0.908. The molecule has 0 amide bonds. The Morgan fingerprint density at radius 2 is 1.89 bits per heavy atom. The number of rotatable bonds is 3. The zero-order chi connectivity index (χ0) is 13.1. The molecule has 94 valence electrons. The van der Waals surface area contributed by atoms with E-state index in [1.807, 2.05) is 24.3 Å². The van der Waals surface area contributed by atoms with Gasteiger partial charge in [-0.1, -0.05) is 34.1 Å². The molecule has 1 atom stereocenters. The Morgan fingerprint density at radius 3 is 2.56 bits per heavy atom. The first-order valence-corrected chi connectivity index (χ1v) is 6.23. The monoisotopic (exact) mass is 312 g/mol. The Bertz CT molecular complexity index is 557. The van der Waals surface area contributed by atoms with Gasteiger partial charge in [-0.15, -0.1) is 0 Å². The predicted molar refractivity (Wildman–Crippen MR) is 69.2 cm³/mol. The second-order valence-corrected chi connectivity index (χ2v) is 4.93. The summed E-state index contributed by atoms with van der Waals surface area (Å²) in [7, 11) is 0. The molecule has 2 rings (SSSR count). The fraction of sp³-hybridized carbons (Fsp3) is 0.143. The molecule has 18 heavy (non-hydrogen) atoms. The predicted octanol–water partition coefficient (Wildman–Crippen LogP) is 4.00. The van der Waals surface area contributed by atoms with E-state index < -0.39 is 17.7 Å². The highest BCUT2D eigenvalue weighted by Crippen LogP contribution is 2.23. The molecule has 0 aliphatic carbocycles. The molecule has 0 heterocycles. The van der Waals surface area contributed by atoms with Crippen LogP contribution in [0.15, 0.2) is 46.9 Å². The van der Waals surface area contributed by atoms with Gasteiger partial charge in [0.25, 0.3) is 0 Å². The molecule has 0 fully saturated rings. The lowest BCUT2D eigenvalue weighted by atomic mass is 10.0. The Balaban J connectivity index is 2.19. The van der Waals surface area contributed by atoms with Crippen LogP contribution in [0.1, 0.15) is 17.2 Å². The molecule has 0 spiro atoms. The zero-order valence-electron chi connectivity index (χ0n) is 9.41. The Kier molecular flexibility index (Phi) is 4.09. The van der Waals surface area contributed by atoms with Crippen LogP contribution >= 0.6 is 15.9 Å². The summed E-state index contributed by atoms with van der Waals surface area (Å²) in [5, 5.41) is 9.96. The van der Waals surface area contributed by atoms with Crippen molar-refractivity contribution in [1.29, 1.82) is 0 Å². The largest absolute Gasteiger partial charge is 0.388 e. The molecule has 0 aromatic heterocycles. The van der Waals surface area contributed by atoms with Gasteiger partial charge in [0.15, 0.2) is 0 Å². The fourth-order valence-electron chi connectivity index (χ4n) is 1.77. The van der Waals surface area contributed by atoms with Crippen molar-refractivity contribution in [3.8, 4) is 0 Å². The molecule has 2 aromatic rings. The van der Waals surface area contributed by atoms with Crippen LogP contribution in [-0.4, -0.2) is 5.11 Å². The molecular weight excluding hydrogens is 302 g/mol. The lowest BCUT2D eigenvalue weighted by Gasteiger charge is -2.12. The van der Waals surface area contributed by atoms with Gasteiger partial charge in [0.2, 0.25) is 0 Å². The number of aliphatic hydroxyl groups excluding tert-OH is 1. The fourth-order valence-corrected chi connectivity index (χ4v) is 2.22. The molecule has 4 heteroatoms. The van der Waals surface area contributed by atoms with Crippen LogP contribution in [0.4, 0.5) is 8.78 Å². The maximum atomic E-state index is 13.5. The highest BCUT2D eigenvalue weighted by Gasteiger charge is 2.14. The van der Waals surface area contributed by atoms with E-state index in [9.17, 15) is 13.9 Å². The molecule has 1 N–H and O–H groups in total. The Morgan fingerprint density at radius 1 is 1.11 bits per heavy atom. The van der Waals surface area contributed by atoms with Crippen LogP contribution in [0, 0.1) is 11.6 Å². The van der Waals surface area contributed by atoms with Crippen LogP contribution in [0.2, 0.25) is 0 Å². The van der Waals surface area contributed by atoms with Crippen molar-refractivity contribution in [2.75, 3.05) is 0 Å². The summed E-state index contributed by atoms with van der Waals surface area (Å²) in [6, 6.07) is 10.6. The summed E-state index contributed by atoms with van der Waals surface area (Å²) >= 11 is 3.33. The molecule has 0 saturated heterocycles. The van der Waals surface area contributed by atoms with E-state index >= 15 is 0 Å². The van der Waals surface area contributed by atoms with Crippen molar-refractivity contribution in [2.45, 2.75) is 12.5 Å². The van der Waals surface area contributed by atoms with Crippen LogP contribution < -0.4 is 0 Å². The highest BCUT2D eigenvalue weighted by molar-refractivity contribution is 9.10. The molecular formula is C14H11BrF2O. The van der Waals surface area contributed by atoms with Gasteiger partial charge in [-0.25, -0.2) is 8.78 Å². The summed E-state index contributed by atoms with van der Waals surface area (Å²) in [5.41, 5.74) is 0.983. The van der Waals surface area contributed by atoms with Crippen molar-refractivity contribution in [1.82, 2.24) is 0 Å². The van der Waals surface area contributed by atoms with Crippen molar-refractivity contribution in [2.24, 2.45) is 0 Å². The average Bonchev–Trinajstić information content (AvgIpc) is 2.28. The molecule has 2 aromatic carbocycles. The van der Waals surface area contributed by atoms with Crippen LogP contribution in [-0.2, 0) is 6.42 Å². The van der Waals surface area contributed by atoms with Crippen molar-refractivity contribution >= 4 is 15.9 Å². The molecule has 1 unspecified atom stereocenters. The molecule has 0 saturated carbocycles. The summed E-state index contributed by atoms with van der Waals surface area (Å²) in [4.78, 5) is 0.